The summed E-state index contributed by atoms with van der Waals surface area (Å²) in [5.74, 6) is 0.688. The Morgan fingerprint density at radius 1 is 1.53 bits per heavy atom. The van der Waals surface area contributed by atoms with E-state index < -0.39 is 0 Å². The van der Waals surface area contributed by atoms with Gasteiger partial charge in [0, 0.05) is 31.5 Å². The molecule has 0 radical (unpaired) electrons. The van der Waals surface area contributed by atoms with Gasteiger partial charge in [0.05, 0.1) is 18.3 Å². The molecule has 2 heterocycles. The Hall–Kier alpha value is -0.870. The Morgan fingerprint density at radius 3 is 2.94 bits per heavy atom. The van der Waals surface area contributed by atoms with Gasteiger partial charge in [-0.15, -0.1) is 0 Å². The van der Waals surface area contributed by atoms with Crippen molar-refractivity contribution >= 4 is 0 Å². The van der Waals surface area contributed by atoms with Gasteiger partial charge in [0.2, 0.25) is 0 Å². The van der Waals surface area contributed by atoms with Crippen LogP contribution in [0.25, 0.3) is 0 Å². The summed E-state index contributed by atoms with van der Waals surface area (Å²) < 4.78 is 7.37. The van der Waals surface area contributed by atoms with Gasteiger partial charge in [-0.25, -0.2) is 0 Å². The Bertz CT molecular complexity index is 348. The van der Waals surface area contributed by atoms with E-state index in [2.05, 4.69) is 37.4 Å². The summed E-state index contributed by atoms with van der Waals surface area (Å²) in [5, 5.41) is 7.86. The monoisotopic (exact) mass is 237 g/mol. The van der Waals surface area contributed by atoms with Crippen LogP contribution in [0, 0.1) is 5.92 Å². The van der Waals surface area contributed by atoms with Gasteiger partial charge in [-0.05, 0) is 33.1 Å². The lowest BCUT2D eigenvalue weighted by molar-refractivity contribution is 0.185. The normalized spacial score (nSPS) is 21.0. The minimum Gasteiger partial charge on any atom is -0.381 e. The molecule has 1 unspecified atom stereocenters. The van der Waals surface area contributed by atoms with E-state index in [4.69, 9.17) is 4.74 Å². The van der Waals surface area contributed by atoms with Gasteiger partial charge in [-0.2, -0.15) is 5.10 Å². The zero-order valence-electron chi connectivity index (χ0n) is 11.1. The lowest BCUT2D eigenvalue weighted by Crippen LogP contribution is -2.23. The maximum absolute atomic E-state index is 5.35. The van der Waals surface area contributed by atoms with E-state index in [9.17, 15) is 0 Å². The molecule has 1 atom stereocenters. The fraction of sp³-hybridized carbons (Fsp3) is 0.769. The van der Waals surface area contributed by atoms with Gasteiger partial charge in [0.25, 0.3) is 0 Å². The van der Waals surface area contributed by atoms with Crippen molar-refractivity contribution in [3.05, 3.63) is 18.0 Å². The predicted molar refractivity (Wildman–Crippen MR) is 67.9 cm³/mol. The lowest BCUT2D eigenvalue weighted by Gasteiger charge is -2.18. The third-order valence-electron chi connectivity index (χ3n) is 3.11. The Morgan fingerprint density at radius 2 is 2.35 bits per heavy atom. The first-order valence-corrected chi connectivity index (χ1v) is 6.38. The fourth-order valence-electron chi connectivity index (χ4n) is 1.98. The van der Waals surface area contributed by atoms with Crippen molar-refractivity contribution in [2.24, 2.45) is 5.92 Å². The molecule has 1 aromatic heterocycles. The highest BCUT2D eigenvalue weighted by Gasteiger charge is 2.16. The number of nitrogens with one attached hydrogen (secondary N) is 1. The van der Waals surface area contributed by atoms with Crippen LogP contribution in [0.2, 0.25) is 0 Å². The number of rotatable bonds is 4. The molecule has 4 heteroatoms. The van der Waals surface area contributed by atoms with E-state index in [-0.39, 0.29) is 5.54 Å². The topological polar surface area (TPSA) is 39.1 Å². The summed E-state index contributed by atoms with van der Waals surface area (Å²) in [6.07, 6.45) is 5.26. The second kappa shape index (κ2) is 5.19. The Kier molecular flexibility index (Phi) is 3.84. The maximum atomic E-state index is 5.35. The van der Waals surface area contributed by atoms with Crippen molar-refractivity contribution in [1.82, 2.24) is 15.1 Å². The molecule has 0 amide bonds. The fourth-order valence-corrected chi connectivity index (χ4v) is 1.98. The van der Waals surface area contributed by atoms with E-state index in [1.165, 1.54) is 12.0 Å². The first kappa shape index (κ1) is 12.6. The number of ether oxygens (including phenoxy) is 1. The van der Waals surface area contributed by atoms with E-state index in [0.717, 1.165) is 26.3 Å². The lowest BCUT2D eigenvalue weighted by atomic mass is 10.1. The number of nitrogens with zero attached hydrogens (tertiary/aromatic N) is 2. The van der Waals surface area contributed by atoms with Crippen LogP contribution < -0.4 is 5.32 Å². The van der Waals surface area contributed by atoms with Crippen LogP contribution in [-0.4, -0.2) is 29.5 Å². The van der Waals surface area contributed by atoms with Crippen molar-refractivity contribution in [3.63, 3.8) is 0 Å². The Labute approximate surface area is 103 Å². The third kappa shape index (κ3) is 3.54. The van der Waals surface area contributed by atoms with Crippen molar-refractivity contribution < 1.29 is 4.74 Å². The molecule has 1 aromatic rings. The van der Waals surface area contributed by atoms with Crippen LogP contribution in [0.5, 0.6) is 0 Å². The summed E-state index contributed by atoms with van der Waals surface area (Å²) in [5.41, 5.74) is 1.32. The average molecular weight is 237 g/mol. The first-order chi connectivity index (χ1) is 8.05. The van der Waals surface area contributed by atoms with Gasteiger partial charge < -0.3 is 10.1 Å². The molecule has 1 aliphatic rings. The summed E-state index contributed by atoms with van der Waals surface area (Å²) in [7, 11) is 0. The highest BCUT2D eigenvalue weighted by atomic mass is 16.5. The quantitative estimate of drug-likeness (QED) is 0.867. The molecular weight excluding hydrogens is 214 g/mol. The highest BCUT2D eigenvalue weighted by molar-refractivity contribution is 5.04. The van der Waals surface area contributed by atoms with Crippen LogP contribution in [0.3, 0.4) is 0 Å². The summed E-state index contributed by atoms with van der Waals surface area (Å²) in [6.45, 7) is 10.3. The molecule has 0 aromatic carbocycles. The molecule has 1 saturated heterocycles. The molecule has 0 saturated carbocycles. The molecule has 1 aliphatic heterocycles. The van der Waals surface area contributed by atoms with Crippen molar-refractivity contribution in [2.45, 2.75) is 39.3 Å². The highest BCUT2D eigenvalue weighted by Crippen LogP contribution is 2.14. The van der Waals surface area contributed by atoms with Gasteiger partial charge in [-0.3, -0.25) is 4.68 Å². The smallest absolute Gasteiger partial charge is 0.0543 e. The van der Waals surface area contributed by atoms with Crippen LogP contribution in [-0.2, 0) is 16.8 Å². The van der Waals surface area contributed by atoms with E-state index in [1.807, 2.05) is 10.9 Å². The molecule has 0 bridgehead atoms. The van der Waals surface area contributed by atoms with Crippen LogP contribution in [0.1, 0.15) is 32.8 Å². The summed E-state index contributed by atoms with van der Waals surface area (Å²) >= 11 is 0. The maximum Gasteiger partial charge on any atom is 0.0543 e. The second-order valence-electron chi connectivity index (χ2n) is 5.82. The SMILES string of the molecule is CC(C)(C)n1cc(CNCC2CCOC2)cn1. The molecule has 1 fully saturated rings. The zero-order valence-corrected chi connectivity index (χ0v) is 11.1. The Balaban J connectivity index is 1.77. The molecule has 2 rings (SSSR count). The van der Waals surface area contributed by atoms with Crippen LogP contribution in [0.4, 0.5) is 0 Å². The van der Waals surface area contributed by atoms with E-state index in [0.29, 0.717) is 5.92 Å². The van der Waals surface area contributed by atoms with E-state index >= 15 is 0 Å². The van der Waals surface area contributed by atoms with Crippen LogP contribution in [0.15, 0.2) is 12.4 Å². The summed E-state index contributed by atoms with van der Waals surface area (Å²) in [4.78, 5) is 0. The van der Waals surface area contributed by atoms with Crippen molar-refractivity contribution in [1.29, 1.82) is 0 Å². The molecule has 1 N–H and O–H groups in total. The predicted octanol–water partition coefficient (Wildman–Crippen LogP) is 1.76. The van der Waals surface area contributed by atoms with Crippen molar-refractivity contribution in [3.8, 4) is 0 Å². The minimum atomic E-state index is 0.0670. The minimum absolute atomic E-state index is 0.0670. The number of hydrogen-bond donors (Lipinski definition) is 1. The molecule has 17 heavy (non-hydrogen) atoms. The van der Waals surface area contributed by atoms with Gasteiger partial charge >= 0.3 is 0 Å². The third-order valence-corrected chi connectivity index (χ3v) is 3.11. The standard InChI is InChI=1S/C13H23N3O/c1-13(2,3)16-9-12(8-15-16)7-14-6-11-4-5-17-10-11/h8-9,11,14H,4-7,10H2,1-3H3. The number of hydrogen-bond acceptors (Lipinski definition) is 3. The molecule has 0 spiro atoms. The van der Waals surface area contributed by atoms with Crippen molar-refractivity contribution in [2.75, 3.05) is 19.8 Å². The number of aromatic nitrogens is 2. The van der Waals surface area contributed by atoms with Gasteiger partial charge in [0.1, 0.15) is 0 Å². The molecular formula is C13H23N3O. The zero-order chi connectivity index (χ0) is 12.3. The van der Waals surface area contributed by atoms with Crippen LogP contribution >= 0.6 is 0 Å². The molecule has 0 aliphatic carbocycles. The second-order valence-corrected chi connectivity index (χ2v) is 5.82. The average Bonchev–Trinajstić information content (AvgIpc) is 2.86. The first-order valence-electron chi connectivity index (χ1n) is 6.38. The van der Waals surface area contributed by atoms with E-state index in [1.54, 1.807) is 0 Å². The largest absolute Gasteiger partial charge is 0.381 e. The molecule has 96 valence electrons. The molecule has 4 nitrogen and oxygen atoms in total. The summed E-state index contributed by atoms with van der Waals surface area (Å²) in [6, 6.07) is 0. The van der Waals surface area contributed by atoms with Gasteiger partial charge in [0.15, 0.2) is 0 Å². The van der Waals surface area contributed by atoms with Gasteiger partial charge in [-0.1, -0.05) is 0 Å².